The predicted octanol–water partition coefficient (Wildman–Crippen LogP) is 2.84. The molecule has 12 heavy (non-hydrogen) atoms. The highest BCUT2D eigenvalue weighted by Gasteiger charge is 2.36. The first-order valence-corrected chi connectivity index (χ1v) is 4.82. The molecule has 0 aliphatic heterocycles. The average Bonchev–Trinajstić information content (AvgIpc) is 2.57. The molecule has 0 heterocycles. The van der Waals surface area contributed by atoms with Crippen molar-refractivity contribution in [3.05, 3.63) is 22.3 Å². The van der Waals surface area contributed by atoms with E-state index in [0.29, 0.717) is 5.92 Å². The molecule has 0 amide bonds. The summed E-state index contributed by atoms with van der Waals surface area (Å²) in [4.78, 5) is 0. The van der Waals surface area contributed by atoms with Gasteiger partial charge in [-0.15, -0.1) is 0 Å². The van der Waals surface area contributed by atoms with E-state index in [1.165, 1.54) is 32.1 Å². The van der Waals surface area contributed by atoms with Crippen LogP contribution < -0.4 is 0 Å². The summed E-state index contributed by atoms with van der Waals surface area (Å²) in [5, 5.41) is 7.41. The molecular weight excluding hydrogens is 146 g/mol. The van der Waals surface area contributed by atoms with Crippen LogP contribution in [0.3, 0.4) is 0 Å². The largest absolute Gasteiger partial charge is 0.312 e. The number of rotatable bonds is 1. The van der Waals surface area contributed by atoms with Crippen LogP contribution in [-0.2, 0) is 0 Å². The fraction of sp³-hybridized carbons (Fsp3) is 0.545. The fourth-order valence-corrected chi connectivity index (χ4v) is 3.07. The lowest BCUT2D eigenvalue weighted by atomic mass is 9.89. The third kappa shape index (κ3) is 0.626. The second-order valence-corrected chi connectivity index (χ2v) is 4.08. The van der Waals surface area contributed by atoms with Crippen molar-refractivity contribution < 1.29 is 0 Å². The Kier molecular flexibility index (Phi) is 1.16. The van der Waals surface area contributed by atoms with Gasteiger partial charge in [0.25, 0.3) is 0 Å². The molecule has 62 valence electrons. The van der Waals surface area contributed by atoms with Gasteiger partial charge in [0.15, 0.2) is 0 Å². The lowest BCUT2D eigenvalue weighted by molar-refractivity contribution is 0.933. The smallest absolute Gasteiger partial charge is 0.0360 e. The summed E-state index contributed by atoms with van der Waals surface area (Å²) in [5.41, 5.74) is 6.59. The van der Waals surface area contributed by atoms with Gasteiger partial charge in [0.1, 0.15) is 0 Å². The van der Waals surface area contributed by atoms with Crippen LogP contribution in [0.5, 0.6) is 0 Å². The number of hydrogen-bond donors (Lipinski definition) is 1. The molecule has 2 fully saturated rings. The Morgan fingerprint density at radius 3 is 2.08 bits per heavy atom. The quantitative estimate of drug-likeness (QED) is 0.449. The van der Waals surface area contributed by atoms with Crippen molar-refractivity contribution in [3.8, 4) is 0 Å². The van der Waals surface area contributed by atoms with Crippen molar-refractivity contribution in [2.45, 2.75) is 32.1 Å². The Bertz CT molecular complexity index is 292. The first kappa shape index (κ1) is 6.64. The maximum Gasteiger partial charge on any atom is 0.0360 e. The molecule has 0 unspecified atom stereocenters. The molecule has 1 N–H and O–H groups in total. The third-order valence-electron chi connectivity index (χ3n) is 3.64. The summed E-state index contributed by atoms with van der Waals surface area (Å²) in [6.45, 7) is 0. The minimum absolute atomic E-state index is 0.450. The highest BCUT2D eigenvalue weighted by Crippen LogP contribution is 2.51. The van der Waals surface area contributed by atoms with Crippen LogP contribution in [0.15, 0.2) is 22.3 Å². The highest BCUT2D eigenvalue weighted by molar-refractivity contribution is 5.71. The van der Waals surface area contributed by atoms with E-state index in [-0.39, 0.29) is 0 Å². The Labute approximate surface area is 72.7 Å². The summed E-state index contributed by atoms with van der Waals surface area (Å²) in [6, 6.07) is 0. The van der Waals surface area contributed by atoms with Gasteiger partial charge in [0.2, 0.25) is 0 Å². The van der Waals surface area contributed by atoms with Gasteiger partial charge in [-0.2, -0.15) is 0 Å². The molecule has 0 aromatic heterocycles. The molecule has 0 spiro atoms. The molecule has 0 atom stereocenters. The molecule has 0 aromatic carbocycles. The fourth-order valence-electron chi connectivity index (χ4n) is 3.07. The molecule has 0 radical (unpaired) electrons. The standard InChI is InChI=1S/C11H13N/c12-6-11-9-3-4-10(11)8-2-1-7(9)5-8/h6,11-12H,1-5H2. The SMILES string of the molecule is N=CC1C2=C3CCC(=C1CC2)C3. The van der Waals surface area contributed by atoms with Crippen LogP contribution in [0.1, 0.15) is 32.1 Å². The summed E-state index contributed by atoms with van der Waals surface area (Å²) < 4.78 is 0. The van der Waals surface area contributed by atoms with Crippen LogP contribution in [0.25, 0.3) is 0 Å². The van der Waals surface area contributed by atoms with Crippen molar-refractivity contribution in [1.29, 1.82) is 5.41 Å². The van der Waals surface area contributed by atoms with E-state index in [0.717, 1.165) is 0 Å². The van der Waals surface area contributed by atoms with E-state index in [1.807, 2.05) is 0 Å². The minimum atomic E-state index is 0.450. The van der Waals surface area contributed by atoms with Crippen LogP contribution in [0, 0.1) is 11.3 Å². The van der Waals surface area contributed by atoms with E-state index in [1.54, 1.807) is 28.5 Å². The van der Waals surface area contributed by atoms with Crippen molar-refractivity contribution in [2.24, 2.45) is 5.92 Å². The Balaban J connectivity index is 2.22. The first-order chi connectivity index (χ1) is 5.90. The van der Waals surface area contributed by atoms with Gasteiger partial charge in [0.05, 0.1) is 0 Å². The van der Waals surface area contributed by atoms with Crippen molar-refractivity contribution in [2.75, 3.05) is 0 Å². The number of fused-ring (bicyclic) bond motifs is 4. The van der Waals surface area contributed by atoms with Gasteiger partial charge in [-0.05, 0) is 32.1 Å². The first-order valence-electron chi connectivity index (χ1n) is 4.82. The predicted molar refractivity (Wildman–Crippen MR) is 49.4 cm³/mol. The van der Waals surface area contributed by atoms with E-state index < -0.39 is 0 Å². The lowest BCUT2D eigenvalue weighted by Gasteiger charge is -2.16. The zero-order chi connectivity index (χ0) is 8.13. The molecular formula is C11H13N. The number of hydrogen-bond acceptors (Lipinski definition) is 1. The maximum absolute atomic E-state index is 7.41. The zero-order valence-electron chi connectivity index (χ0n) is 7.19. The van der Waals surface area contributed by atoms with E-state index in [9.17, 15) is 0 Å². The molecule has 4 bridgehead atoms. The summed E-state index contributed by atoms with van der Waals surface area (Å²) in [6.07, 6.45) is 8.05. The molecule has 3 aliphatic carbocycles. The van der Waals surface area contributed by atoms with Crippen LogP contribution >= 0.6 is 0 Å². The van der Waals surface area contributed by atoms with Crippen molar-refractivity contribution in [3.63, 3.8) is 0 Å². The highest BCUT2D eigenvalue weighted by atomic mass is 14.5. The van der Waals surface area contributed by atoms with Crippen LogP contribution in [0.4, 0.5) is 0 Å². The van der Waals surface area contributed by atoms with Crippen LogP contribution in [-0.4, -0.2) is 6.21 Å². The molecule has 3 rings (SSSR count). The minimum Gasteiger partial charge on any atom is -0.312 e. The second kappa shape index (κ2) is 2.09. The molecule has 0 aromatic rings. The molecule has 0 saturated heterocycles. The molecule has 1 nitrogen and oxygen atoms in total. The summed E-state index contributed by atoms with van der Waals surface area (Å²) in [7, 11) is 0. The maximum atomic E-state index is 7.41. The number of allylic oxidation sites excluding steroid dienone is 4. The van der Waals surface area contributed by atoms with Gasteiger partial charge in [0, 0.05) is 12.1 Å². The van der Waals surface area contributed by atoms with E-state index >= 15 is 0 Å². The van der Waals surface area contributed by atoms with Gasteiger partial charge >= 0.3 is 0 Å². The van der Waals surface area contributed by atoms with Gasteiger partial charge < -0.3 is 5.41 Å². The van der Waals surface area contributed by atoms with Crippen molar-refractivity contribution in [1.82, 2.24) is 0 Å². The van der Waals surface area contributed by atoms with E-state index in [4.69, 9.17) is 5.41 Å². The second-order valence-electron chi connectivity index (χ2n) is 4.08. The lowest BCUT2D eigenvalue weighted by Crippen LogP contribution is -2.06. The topological polar surface area (TPSA) is 23.9 Å². The van der Waals surface area contributed by atoms with Crippen molar-refractivity contribution >= 4 is 6.21 Å². The third-order valence-corrected chi connectivity index (χ3v) is 3.64. The normalized spacial score (nSPS) is 27.3. The molecule has 3 aliphatic rings. The average molecular weight is 159 g/mol. The van der Waals surface area contributed by atoms with Gasteiger partial charge in [-0.25, -0.2) is 0 Å². The van der Waals surface area contributed by atoms with Gasteiger partial charge in [-0.1, -0.05) is 22.3 Å². The number of nitrogens with one attached hydrogen (secondary N) is 1. The Morgan fingerprint density at radius 1 is 1.00 bits per heavy atom. The summed E-state index contributed by atoms with van der Waals surface area (Å²) >= 11 is 0. The summed E-state index contributed by atoms with van der Waals surface area (Å²) in [5.74, 6) is 0.450. The van der Waals surface area contributed by atoms with E-state index in [2.05, 4.69) is 0 Å². The monoisotopic (exact) mass is 159 g/mol. The Morgan fingerprint density at radius 2 is 1.58 bits per heavy atom. The molecule has 2 saturated carbocycles. The zero-order valence-corrected chi connectivity index (χ0v) is 7.19. The van der Waals surface area contributed by atoms with Gasteiger partial charge in [-0.3, -0.25) is 0 Å². The Hall–Kier alpha value is -0.850. The van der Waals surface area contributed by atoms with Crippen LogP contribution in [0.2, 0.25) is 0 Å². The molecule has 1 heteroatoms.